The molecule has 0 unspecified atom stereocenters. The van der Waals surface area contributed by atoms with Crippen molar-refractivity contribution in [3.8, 4) is 0 Å². The van der Waals surface area contributed by atoms with E-state index < -0.39 is 0 Å². The van der Waals surface area contributed by atoms with E-state index in [9.17, 15) is 0 Å². The van der Waals surface area contributed by atoms with Crippen LogP contribution in [-0.2, 0) is 13.0 Å². The van der Waals surface area contributed by atoms with E-state index in [1.54, 1.807) is 0 Å². The molecule has 1 heterocycles. The molecule has 0 spiro atoms. The maximum absolute atomic E-state index is 3.72. The minimum atomic E-state index is 0.603. The van der Waals surface area contributed by atoms with Crippen molar-refractivity contribution in [3.05, 3.63) is 64.7 Å². The van der Waals surface area contributed by atoms with E-state index in [-0.39, 0.29) is 0 Å². The number of hydrogen-bond donors (Lipinski definition) is 1. The molecule has 1 N–H and O–H groups in total. The highest BCUT2D eigenvalue weighted by Crippen LogP contribution is 2.20. The Morgan fingerprint density at radius 2 is 1.58 bits per heavy atom. The van der Waals surface area contributed by atoms with Crippen LogP contribution >= 0.6 is 0 Å². The number of aryl methyl sites for hydroxylation is 3. The van der Waals surface area contributed by atoms with Crippen molar-refractivity contribution >= 4 is 5.69 Å². The summed E-state index contributed by atoms with van der Waals surface area (Å²) in [6, 6.07) is 16.4. The fourth-order valence-corrected chi connectivity index (χ4v) is 3.44. The van der Waals surface area contributed by atoms with Gasteiger partial charge in [-0.25, -0.2) is 0 Å². The molecule has 0 amide bonds. The Balaban J connectivity index is 1.49. The molecular formula is C22H30N2. The number of benzene rings is 2. The van der Waals surface area contributed by atoms with Gasteiger partial charge in [0.05, 0.1) is 0 Å². The standard InChI is InChI=1S/C22H30N2/c1-4-19-6-8-20(9-7-19)16-24-13-11-21(12-14-24)23-22-10-5-17(2)18(3)15-22/h5-10,15,21,23H,4,11-14,16H2,1-3H3. The van der Waals surface area contributed by atoms with Crippen LogP contribution in [0.15, 0.2) is 42.5 Å². The fourth-order valence-electron chi connectivity index (χ4n) is 3.44. The molecule has 2 nitrogen and oxygen atoms in total. The van der Waals surface area contributed by atoms with Crippen LogP contribution in [0.4, 0.5) is 5.69 Å². The highest BCUT2D eigenvalue weighted by atomic mass is 15.1. The van der Waals surface area contributed by atoms with Crippen molar-refractivity contribution in [3.63, 3.8) is 0 Å². The number of hydrogen-bond acceptors (Lipinski definition) is 2. The van der Waals surface area contributed by atoms with Gasteiger partial charge in [0.15, 0.2) is 0 Å². The van der Waals surface area contributed by atoms with Crippen LogP contribution < -0.4 is 5.32 Å². The monoisotopic (exact) mass is 322 g/mol. The summed E-state index contributed by atoms with van der Waals surface area (Å²) in [5, 5.41) is 3.72. The van der Waals surface area contributed by atoms with Gasteiger partial charge in [0, 0.05) is 31.4 Å². The third-order valence-corrected chi connectivity index (χ3v) is 5.30. The van der Waals surface area contributed by atoms with E-state index in [2.05, 4.69) is 73.5 Å². The number of likely N-dealkylation sites (tertiary alicyclic amines) is 1. The van der Waals surface area contributed by atoms with E-state index in [0.717, 1.165) is 13.0 Å². The molecule has 0 aromatic heterocycles. The smallest absolute Gasteiger partial charge is 0.0345 e. The first kappa shape index (κ1) is 17.0. The second-order valence-corrected chi connectivity index (χ2v) is 7.16. The molecule has 0 atom stereocenters. The molecular weight excluding hydrogens is 292 g/mol. The lowest BCUT2D eigenvalue weighted by Crippen LogP contribution is -2.38. The average molecular weight is 322 g/mol. The van der Waals surface area contributed by atoms with Gasteiger partial charge < -0.3 is 5.32 Å². The van der Waals surface area contributed by atoms with Crippen molar-refractivity contribution in [2.75, 3.05) is 18.4 Å². The number of nitrogens with zero attached hydrogens (tertiary/aromatic N) is 1. The van der Waals surface area contributed by atoms with Crippen LogP contribution in [0, 0.1) is 13.8 Å². The average Bonchev–Trinajstić information content (AvgIpc) is 2.61. The zero-order valence-corrected chi connectivity index (χ0v) is 15.3. The second kappa shape index (κ2) is 7.85. The van der Waals surface area contributed by atoms with Gasteiger partial charge >= 0.3 is 0 Å². The summed E-state index contributed by atoms with van der Waals surface area (Å²) in [6.45, 7) is 10.0. The normalized spacial score (nSPS) is 16.3. The third kappa shape index (κ3) is 4.39. The number of piperidine rings is 1. The van der Waals surface area contributed by atoms with Crippen molar-refractivity contribution < 1.29 is 0 Å². The van der Waals surface area contributed by atoms with Gasteiger partial charge in [0.25, 0.3) is 0 Å². The predicted molar refractivity (Wildman–Crippen MR) is 104 cm³/mol. The first-order chi connectivity index (χ1) is 11.6. The van der Waals surface area contributed by atoms with Gasteiger partial charge in [0.1, 0.15) is 0 Å². The Bertz CT molecular complexity index is 652. The number of rotatable bonds is 5. The molecule has 0 aliphatic carbocycles. The summed E-state index contributed by atoms with van der Waals surface area (Å²) >= 11 is 0. The van der Waals surface area contributed by atoms with Crippen LogP contribution in [0.25, 0.3) is 0 Å². The maximum atomic E-state index is 3.72. The Morgan fingerprint density at radius 1 is 0.917 bits per heavy atom. The van der Waals surface area contributed by atoms with Gasteiger partial charge in [-0.3, -0.25) is 4.90 Å². The van der Waals surface area contributed by atoms with E-state index in [4.69, 9.17) is 0 Å². The lowest BCUT2D eigenvalue weighted by Gasteiger charge is -2.33. The highest BCUT2D eigenvalue weighted by molar-refractivity contribution is 5.48. The van der Waals surface area contributed by atoms with Crippen LogP contribution in [0.2, 0.25) is 0 Å². The van der Waals surface area contributed by atoms with E-state index in [1.807, 2.05) is 0 Å². The van der Waals surface area contributed by atoms with Crippen molar-refractivity contribution in [2.24, 2.45) is 0 Å². The molecule has 3 rings (SSSR count). The molecule has 2 heteroatoms. The van der Waals surface area contributed by atoms with Gasteiger partial charge in [-0.2, -0.15) is 0 Å². The van der Waals surface area contributed by atoms with Crippen molar-refractivity contribution in [2.45, 2.75) is 52.6 Å². The topological polar surface area (TPSA) is 15.3 Å². The van der Waals surface area contributed by atoms with Gasteiger partial charge in [-0.15, -0.1) is 0 Å². The van der Waals surface area contributed by atoms with E-state index >= 15 is 0 Å². The molecule has 2 aromatic carbocycles. The van der Waals surface area contributed by atoms with Crippen LogP contribution in [0.3, 0.4) is 0 Å². The van der Waals surface area contributed by atoms with E-state index in [0.29, 0.717) is 6.04 Å². The number of nitrogens with one attached hydrogen (secondary N) is 1. The minimum Gasteiger partial charge on any atom is -0.382 e. The predicted octanol–water partition coefficient (Wildman–Crippen LogP) is 4.94. The molecule has 0 bridgehead atoms. The number of anilines is 1. The van der Waals surface area contributed by atoms with Crippen LogP contribution in [-0.4, -0.2) is 24.0 Å². The van der Waals surface area contributed by atoms with Crippen LogP contribution in [0.1, 0.15) is 42.0 Å². The first-order valence-electron chi connectivity index (χ1n) is 9.28. The molecule has 1 fully saturated rings. The molecule has 0 saturated carbocycles. The van der Waals surface area contributed by atoms with Gasteiger partial charge in [-0.1, -0.05) is 37.3 Å². The summed E-state index contributed by atoms with van der Waals surface area (Å²) in [4.78, 5) is 2.58. The summed E-state index contributed by atoms with van der Waals surface area (Å²) in [5.41, 5.74) is 6.87. The molecule has 128 valence electrons. The second-order valence-electron chi connectivity index (χ2n) is 7.16. The fraction of sp³-hybridized carbons (Fsp3) is 0.455. The van der Waals surface area contributed by atoms with Crippen molar-refractivity contribution in [1.29, 1.82) is 0 Å². The first-order valence-corrected chi connectivity index (χ1v) is 9.28. The molecule has 1 aliphatic rings. The Morgan fingerprint density at radius 3 is 2.21 bits per heavy atom. The van der Waals surface area contributed by atoms with Gasteiger partial charge in [-0.05, 0) is 67.5 Å². The van der Waals surface area contributed by atoms with Gasteiger partial charge in [0.2, 0.25) is 0 Å². The summed E-state index contributed by atoms with van der Waals surface area (Å²) in [6.07, 6.45) is 3.57. The molecule has 1 saturated heterocycles. The summed E-state index contributed by atoms with van der Waals surface area (Å²) < 4.78 is 0. The minimum absolute atomic E-state index is 0.603. The maximum Gasteiger partial charge on any atom is 0.0345 e. The SMILES string of the molecule is CCc1ccc(CN2CCC(Nc3ccc(C)c(C)c3)CC2)cc1. The Hall–Kier alpha value is -1.80. The largest absolute Gasteiger partial charge is 0.382 e. The van der Waals surface area contributed by atoms with E-state index in [1.165, 1.54) is 53.9 Å². The zero-order chi connectivity index (χ0) is 16.9. The van der Waals surface area contributed by atoms with Crippen LogP contribution in [0.5, 0.6) is 0 Å². The quantitative estimate of drug-likeness (QED) is 0.838. The Kier molecular flexibility index (Phi) is 5.57. The summed E-state index contributed by atoms with van der Waals surface area (Å²) in [7, 11) is 0. The molecule has 2 aromatic rings. The highest BCUT2D eigenvalue weighted by Gasteiger charge is 2.19. The zero-order valence-electron chi connectivity index (χ0n) is 15.3. The third-order valence-electron chi connectivity index (χ3n) is 5.30. The molecule has 1 aliphatic heterocycles. The van der Waals surface area contributed by atoms with Crippen molar-refractivity contribution in [1.82, 2.24) is 4.90 Å². The molecule has 24 heavy (non-hydrogen) atoms. The lowest BCUT2D eigenvalue weighted by molar-refractivity contribution is 0.211. The lowest BCUT2D eigenvalue weighted by atomic mass is 10.0. The summed E-state index contributed by atoms with van der Waals surface area (Å²) in [5.74, 6) is 0. The Labute approximate surface area is 146 Å². The molecule has 0 radical (unpaired) electrons.